The number of morpholine rings is 1. The Labute approximate surface area is 127 Å². The van der Waals surface area contributed by atoms with Crippen LogP contribution in [0.3, 0.4) is 0 Å². The lowest BCUT2D eigenvalue weighted by molar-refractivity contribution is -0.0533. The lowest BCUT2D eigenvalue weighted by atomic mass is 10.2. The number of hydrogen-bond donors (Lipinski definition) is 2. The van der Waals surface area contributed by atoms with Gasteiger partial charge in [-0.2, -0.15) is 0 Å². The van der Waals surface area contributed by atoms with Crippen LogP contribution in [0.5, 0.6) is 0 Å². The first kappa shape index (κ1) is 15.4. The monoisotopic (exact) mass is 318 g/mol. The van der Waals surface area contributed by atoms with Crippen LogP contribution in [0.4, 0.5) is 10.5 Å². The summed E-state index contributed by atoms with van der Waals surface area (Å²) in [5.74, 6) is 0. The standard InChI is InChI=1S/C13H16Cl2N2O3/c1-8-5-16-6-12(20-8)7-19-13(18)17-11-3-9(14)2-10(15)4-11/h2-4,8,12,16H,5-7H2,1H3,(H,17,18). The number of amides is 1. The van der Waals surface area contributed by atoms with Crippen molar-refractivity contribution in [3.63, 3.8) is 0 Å². The summed E-state index contributed by atoms with van der Waals surface area (Å²) in [6.45, 7) is 3.63. The van der Waals surface area contributed by atoms with Crippen molar-refractivity contribution in [2.45, 2.75) is 19.1 Å². The molecule has 2 rings (SSSR count). The van der Waals surface area contributed by atoms with E-state index in [2.05, 4.69) is 10.6 Å². The number of ether oxygens (including phenoxy) is 2. The number of rotatable bonds is 3. The average molecular weight is 319 g/mol. The summed E-state index contributed by atoms with van der Waals surface area (Å²) in [7, 11) is 0. The van der Waals surface area contributed by atoms with E-state index in [4.69, 9.17) is 32.7 Å². The van der Waals surface area contributed by atoms with Gasteiger partial charge in [-0.1, -0.05) is 23.2 Å². The van der Waals surface area contributed by atoms with Crippen molar-refractivity contribution in [1.82, 2.24) is 5.32 Å². The molecular weight excluding hydrogens is 303 g/mol. The molecule has 0 radical (unpaired) electrons. The Morgan fingerprint density at radius 2 is 2.10 bits per heavy atom. The maximum atomic E-state index is 11.7. The van der Waals surface area contributed by atoms with Gasteiger partial charge < -0.3 is 14.8 Å². The molecule has 110 valence electrons. The van der Waals surface area contributed by atoms with Crippen molar-refractivity contribution < 1.29 is 14.3 Å². The van der Waals surface area contributed by atoms with Crippen LogP contribution >= 0.6 is 23.2 Å². The average Bonchev–Trinajstić information content (AvgIpc) is 2.35. The molecule has 0 aromatic heterocycles. The maximum Gasteiger partial charge on any atom is 0.411 e. The lowest BCUT2D eigenvalue weighted by Gasteiger charge is -2.28. The fourth-order valence-corrected chi connectivity index (χ4v) is 2.45. The van der Waals surface area contributed by atoms with Gasteiger partial charge in [-0.05, 0) is 25.1 Å². The van der Waals surface area contributed by atoms with Crippen LogP contribution in [0.1, 0.15) is 6.92 Å². The molecule has 1 aliphatic rings. The molecule has 2 atom stereocenters. The highest BCUT2D eigenvalue weighted by molar-refractivity contribution is 6.35. The minimum atomic E-state index is -0.565. The zero-order valence-electron chi connectivity index (χ0n) is 11.0. The number of carbonyl (C=O) groups is 1. The zero-order chi connectivity index (χ0) is 14.5. The zero-order valence-corrected chi connectivity index (χ0v) is 12.5. The Kier molecular flexibility index (Phi) is 5.48. The smallest absolute Gasteiger partial charge is 0.411 e. The van der Waals surface area contributed by atoms with Crippen molar-refractivity contribution in [3.8, 4) is 0 Å². The highest BCUT2D eigenvalue weighted by Crippen LogP contribution is 2.22. The van der Waals surface area contributed by atoms with Crippen molar-refractivity contribution in [2.24, 2.45) is 0 Å². The second-order valence-corrected chi connectivity index (χ2v) is 5.48. The number of hydrogen-bond acceptors (Lipinski definition) is 4. The van der Waals surface area contributed by atoms with Gasteiger partial charge in [0.05, 0.1) is 6.10 Å². The number of nitrogens with one attached hydrogen (secondary N) is 2. The van der Waals surface area contributed by atoms with Crippen molar-refractivity contribution in [2.75, 3.05) is 25.0 Å². The summed E-state index contributed by atoms with van der Waals surface area (Å²) in [4.78, 5) is 11.7. The molecule has 1 fully saturated rings. The van der Waals surface area contributed by atoms with E-state index in [1.54, 1.807) is 18.2 Å². The van der Waals surface area contributed by atoms with E-state index in [1.165, 1.54) is 0 Å². The fourth-order valence-electron chi connectivity index (χ4n) is 1.92. The molecule has 0 bridgehead atoms. The number of anilines is 1. The minimum Gasteiger partial charge on any atom is -0.446 e. The third kappa shape index (κ3) is 4.83. The van der Waals surface area contributed by atoms with E-state index in [0.29, 0.717) is 22.3 Å². The van der Waals surface area contributed by atoms with E-state index in [0.717, 1.165) is 6.54 Å². The van der Waals surface area contributed by atoms with Crippen molar-refractivity contribution >= 4 is 35.0 Å². The molecule has 1 heterocycles. The predicted molar refractivity (Wildman–Crippen MR) is 78.6 cm³/mol. The third-order valence-corrected chi connectivity index (χ3v) is 3.17. The van der Waals surface area contributed by atoms with Crippen LogP contribution in [0.15, 0.2) is 18.2 Å². The summed E-state index contributed by atoms with van der Waals surface area (Å²) < 4.78 is 10.7. The first-order valence-electron chi connectivity index (χ1n) is 6.29. The SMILES string of the molecule is CC1CNCC(COC(=O)Nc2cc(Cl)cc(Cl)c2)O1. The largest absolute Gasteiger partial charge is 0.446 e. The molecule has 2 N–H and O–H groups in total. The molecule has 1 saturated heterocycles. The number of benzene rings is 1. The fraction of sp³-hybridized carbons (Fsp3) is 0.462. The molecule has 20 heavy (non-hydrogen) atoms. The Morgan fingerprint density at radius 1 is 1.40 bits per heavy atom. The van der Waals surface area contributed by atoms with Crippen LogP contribution in [0.2, 0.25) is 10.0 Å². The Bertz CT molecular complexity index is 464. The van der Waals surface area contributed by atoms with Gasteiger partial charge in [0.1, 0.15) is 12.7 Å². The molecule has 1 aromatic rings. The molecule has 1 aliphatic heterocycles. The first-order chi connectivity index (χ1) is 9.52. The predicted octanol–water partition coefficient (Wildman–Crippen LogP) is 2.92. The van der Waals surface area contributed by atoms with E-state index in [9.17, 15) is 4.79 Å². The van der Waals surface area contributed by atoms with Crippen LogP contribution in [-0.2, 0) is 9.47 Å². The van der Waals surface area contributed by atoms with Crippen molar-refractivity contribution in [1.29, 1.82) is 0 Å². The van der Waals surface area contributed by atoms with Crippen LogP contribution in [0, 0.1) is 0 Å². The summed E-state index contributed by atoms with van der Waals surface area (Å²) in [5, 5.41) is 6.66. The summed E-state index contributed by atoms with van der Waals surface area (Å²) in [6.07, 6.45) is -0.579. The van der Waals surface area contributed by atoms with Crippen LogP contribution < -0.4 is 10.6 Å². The van der Waals surface area contributed by atoms with Gasteiger partial charge in [-0.25, -0.2) is 4.79 Å². The van der Waals surface area contributed by atoms with E-state index in [1.807, 2.05) is 6.92 Å². The Hall–Kier alpha value is -1.01. The van der Waals surface area contributed by atoms with Gasteiger partial charge in [0.15, 0.2) is 0 Å². The minimum absolute atomic E-state index is 0.118. The highest BCUT2D eigenvalue weighted by atomic mass is 35.5. The molecule has 1 aromatic carbocycles. The molecule has 7 heteroatoms. The van der Waals surface area contributed by atoms with E-state index in [-0.39, 0.29) is 18.8 Å². The molecule has 0 aliphatic carbocycles. The Morgan fingerprint density at radius 3 is 2.75 bits per heavy atom. The highest BCUT2D eigenvalue weighted by Gasteiger charge is 2.20. The third-order valence-electron chi connectivity index (χ3n) is 2.74. The van der Waals surface area contributed by atoms with E-state index >= 15 is 0 Å². The van der Waals surface area contributed by atoms with Gasteiger partial charge in [-0.3, -0.25) is 5.32 Å². The van der Waals surface area contributed by atoms with Gasteiger partial charge in [0.25, 0.3) is 0 Å². The molecule has 0 spiro atoms. The van der Waals surface area contributed by atoms with Crippen LogP contribution in [-0.4, -0.2) is 38.0 Å². The van der Waals surface area contributed by atoms with E-state index < -0.39 is 6.09 Å². The normalized spacial score (nSPS) is 22.4. The quantitative estimate of drug-likeness (QED) is 0.899. The second-order valence-electron chi connectivity index (χ2n) is 4.61. The molecule has 1 amide bonds. The molecule has 2 unspecified atom stereocenters. The topological polar surface area (TPSA) is 59.6 Å². The lowest BCUT2D eigenvalue weighted by Crippen LogP contribution is -2.45. The summed E-state index contributed by atoms with van der Waals surface area (Å²) in [6, 6.07) is 4.77. The first-order valence-corrected chi connectivity index (χ1v) is 7.04. The van der Waals surface area contributed by atoms with Crippen LogP contribution in [0.25, 0.3) is 0 Å². The number of halogens is 2. The Balaban J connectivity index is 1.80. The van der Waals surface area contributed by atoms with Gasteiger partial charge in [0, 0.05) is 28.8 Å². The summed E-state index contributed by atoms with van der Waals surface area (Å²) >= 11 is 11.7. The van der Waals surface area contributed by atoms with Crippen molar-refractivity contribution in [3.05, 3.63) is 28.2 Å². The molecule has 5 nitrogen and oxygen atoms in total. The van der Waals surface area contributed by atoms with Gasteiger partial charge in [-0.15, -0.1) is 0 Å². The molecular formula is C13H16Cl2N2O3. The van der Waals surface area contributed by atoms with Gasteiger partial charge >= 0.3 is 6.09 Å². The van der Waals surface area contributed by atoms with Gasteiger partial charge in [0.2, 0.25) is 0 Å². The maximum absolute atomic E-state index is 11.7. The second kappa shape index (κ2) is 7.13. The summed E-state index contributed by atoms with van der Waals surface area (Å²) in [5.41, 5.74) is 0.489. The molecule has 0 saturated carbocycles. The number of carbonyl (C=O) groups excluding carboxylic acids is 1.